The zero-order chi connectivity index (χ0) is 15.1. The van der Waals surface area contributed by atoms with Gasteiger partial charge in [-0.25, -0.2) is 0 Å². The number of nitrogens with one attached hydrogen (secondary N) is 1. The van der Waals surface area contributed by atoms with Crippen LogP contribution in [0.25, 0.3) is 0 Å². The number of likely N-dealkylation sites (N-methyl/N-ethyl adjacent to an activating group) is 1. The Morgan fingerprint density at radius 2 is 2.05 bits per heavy atom. The fourth-order valence-electron chi connectivity index (χ4n) is 2.12. The van der Waals surface area contributed by atoms with Crippen LogP contribution in [0.1, 0.15) is 26.7 Å². The Morgan fingerprint density at radius 3 is 2.60 bits per heavy atom. The minimum absolute atomic E-state index is 0.125. The molecule has 0 aromatic rings. The van der Waals surface area contributed by atoms with E-state index in [4.69, 9.17) is 22.1 Å². The summed E-state index contributed by atoms with van der Waals surface area (Å²) >= 11 is 6.03. The number of carbonyl (C=O) groups is 1. The maximum atomic E-state index is 12.2. The first-order valence-electron chi connectivity index (χ1n) is 6.92. The third kappa shape index (κ3) is 4.42. The smallest absolute Gasteiger partial charge is 0.251 e. The number of amides is 1. The van der Waals surface area contributed by atoms with Crippen LogP contribution in [-0.4, -0.2) is 44.1 Å². The summed E-state index contributed by atoms with van der Waals surface area (Å²) in [5.41, 5.74) is 6.93. The van der Waals surface area contributed by atoms with Crippen molar-refractivity contribution in [2.75, 3.05) is 33.3 Å². The average molecular weight is 302 g/mol. The van der Waals surface area contributed by atoms with Crippen molar-refractivity contribution in [3.05, 3.63) is 22.1 Å². The second-order valence-electron chi connectivity index (χ2n) is 4.67. The zero-order valence-corrected chi connectivity index (χ0v) is 13.2. The highest BCUT2D eigenvalue weighted by atomic mass is 35.5. The SMILES string of the molecule is CCN(CC)CCNC(=O)C1=C(OC)CC(N)=C(Cl)C1. The Kier molecular flexibility index (Phi) is 6.88. The molecule has 0 radical (unpaired) electrons. The Hall–Kier alpha value is -1.20. The second-order valence-corrected chi connectivity index (χ2v) is 5.13. The van der Waals surface area contributed by atoms with Crippen LogP contribution in [0.3, 0.4) is 0 Å². The highest BCUT2D eigenvalue weighted by molar-refractivity contribution is 6.30. The maximum absolute atomic E-state index is 12.2. The van der Waals surface area contributed by atoms with E-state index in [1.54, 1.807) is 7.11 Å². The molecule has 3 N–H and O–H groups in total. The number of halogens is 1. The molecule has 0 unspecified atom stereocenters. The van der Waals surface area contributed by atoms with Gasteiger partial charge in [-0.3, -0.25) is 4.79 Å². The molecule has 114 valence electrons. The number of rotatable bonds is 7. The summed E-state index contributed by atoms with van der Waals surface area (Å²) < 4.78 is 5.25. The molecule has 20 heavy (non-hydrogen) atoms. The Balaban J connectivity index is 2.58. The van der Waals surface area contributed by atoms with Crippen LogP contribution in [0.4, 0.5) is 0 Å². The van der Waals surface area contributed by atoms with E-state index >= 15 is 0 Å². The molecular formula is C14H24ClN3O2. The normalized spacial score (nSPS) is 15.8. The van der Waals surface area contributed by atoms with E-state index in [1.807, 2.05) is 0 Å². The van der Waals surface area contributed by atoms with Gasteiger partial charge < -0.3 is 20.7 Å². The predicted octanol–water partition coefficient (Wildman–Crippen LogP) is 1.55. The summed E-state index contributed by atoms with van der Waals surface area (Å²) in [6, 6.07) is 0. The van der Waals surface area contributed by atoms with Gasteiger partial charge in [0.1, 0.15) is 5.76 Å². The van der Waals surface area contributed by atoms with Crippen molar-refractivity contribution in [1.82, 2.24) is 10.2 Å². The van der Waals surface area contributed by atoms with Gasteiger partial charge in [-0.2, -0.15) is 0 Å². The van der Waals surface area contributed by atoms with E-state index in [-0.39, 0.29) is 5.91 Å². The molecule has 0 bridgehead atoms. The third-order valence-corrected chi connectivity index (χ3v) is 3.87. The van der Waals surface area contributed by atoms with Crippen molar-refractivity contribution >= 4 is 17.5 Å². The lowest BCUT2D eigenvalue weighted by atomic mass is 10.0. The van der Waals surface area contributed by atoms with E-state index in [1.165, 1.54) is 0 Å². The second kappa shape index (κ2) is 8.17. The van der Waals surface area contributed by atoms with Gasteiger partial charge in [0, 0.05) is 36.7 Å². The molecule has 0 saturated heterocycles. The van der Waals surface area contributed by atoms with Crippen molar-refractivity contribution in [2.24, 2.45) is 5.73 Å². The topological polar surface area (TPSA) is 67.6 Å². The monoisotopic (exact) mass is 301 g/mol. The zero-order valence-electron chi connectivity index (χ0n) is 12.5. The molecule has 0 spiro atoms. The van der Waals surface area contributed by atoms with Crippen LogP contribution in [-0.2, 0) is 9.53 Å². The summed E-state index contributed by atoms with van der Waals surface area (Å²) in [4.78, 5) is 14.4. The summed E-state index contributed by atoms with van der Waals surface area (Å²) in [7, 11) is 1.55. The number of hydrogen-bond donors (Lipinski definition) is 2. The molecule has 1 rings (SSSR count). The van der Waals surface area contributed by atoms with Crippen molar-refractivity contribution in [2.45, 2.75) is 26.7 Å². The minimum atomic E-state index is -0.125. The molecule has 0 aliphatic heterocycles. The molecule has 1 aliphatic rings. The molecule has 0 heterocycles. The Bertz CT molecular complexity index is 415. The first-order chi connectivity index (χ1) is 9.53. The summed E-state index contributed by atoms with van der Waals surface area (Å²) in [6.07, 6.45) is 0.738. The van der Waals surface area contributed by atoms with Gasteiger partial charge in [0.2, 0.25) is 0 Å². The number of carbonyl (C=O) groups excluding carboxylic acids is 1. The van der Waals surface area contributed by atoms with Crippen LogP contribution >= 0.6 is 11.6 Å². The van der Waals surface area contributed by atoms with Crippen molar-refractivity contribution in [1.29, 1.82) is 0 Å². The van der Waals surface area contributed by atoms with Crippen molar-refractivity contribution in [3.8, 4) is 0 Å². The number of hydrogen-bond acceptors (Lipinski definition) is 4. The third-order valence-electron chi connectivity index (χ3n) is 3.50. The summed E-state index contributed by atoms with van der Waals surface area (Å²) in [6.45, 7) is 7.60. The van der Waals surface area contributed by atoms with Crippen LogP contribution in [0.2, 0.25) is 0 Å². The van der Waals surface area contributed by atoms with Gasteiger partial charge in [-0.05, 0) is 13.1 Å². The summed E-state index contributed by atoms with van der Waals surface area (Å²) in [5.74, 6) is 0.479. The molecule has 0 saturated carbocycles. The fourth-order valence-corrected chi connectivity index (χ4v) is 2.32. The minimum Gasteiger partial charge on any atom is -0.500 e. The number of allylic oxidation sites excluding steroid dienone is 1. The quantitative estimate of drug-likeness (QED) is 0.749. The van der Waals surface area contributed by atoms with Crippen LogP contribution in [0.5, 0.6) is 0 Å². The molecule has 6 heteroatoms. The largest absolute Gasteiger partial charge is 0.500 e. The van der Waals surface area contributed by atoms with E-state index in [9.17, 15) is 4.79 Å². The first kappa shape index (κ1) is 16.9. The standard InChI is InChI=1S/C14H24ClN3O2/c1-4-18(5-2)7-6-17-14(19)10-8-11(15)12(16)9-13(10)20-3/h4-9,16H2,1-3H3,(H,17,19). The lowest BCUT2D eigenvalue weighted by Crippen LogP contribution is -2.36. The molecule has 5 nitrogen and oxygen atoms in total. The van der Waals surface area contributed by atoms with E-state index in [0.29, 0.717) is 41.4 Å². The van der Waals surface area contributed by atoms with E-state index < -0.39 is 0 Å². The van der Waals surface area contributed by atoms with Crippen LogP contribution < -0.4 is 11.1 Å². The van der Waals surface area contributed by atoms with E-state index in [2.05, 4.69) is 24.1 Å². The van der Waals surface area contributed by atoms with Gasteiger partial charge in [-0.1, -0.05) is 25.4 Å². The predicted molar refractivity (Wildman–Crippen MR) is 81.1 cm³/mol. The first-order valence-corrected chi connectivity index (χ1v) is 7.30. The highest BCUT2D eigenvalue weighted by Gasteiger charge is 2.23. The number of methoxy groups -OCH3 is 1. The average Bonchev–Trinajstić information content (AvgIpc) is 2.45. The molecule has 1 amide bonds. The van der Waals surface area contributed by atoms with Gasteiger partial charge in [-0.15, -0.1) is 0 Å². The maximum Gasteiger partial charge on any atom is 0.251 e. The Labute approximate surface area is 125 Å². The van der Waals surface area contributed by atoms with E-state index in [0.717, 1.165) is 19.6 Å². The number of nitrogens with zero attached hydrogens (tertiary/aromatic N) is 1. The van der Waals surface area contributed by atoms with Crippen LogP contribution in [0.15, 0.2) is 22.1 Å². The van der Waals surface area contributed by atoms with Gasteiger partial charge >= 0.3 is 0 Å². The summed E-state index contributed by atoms with van der Waals surface area (Å²) in [5, 5.41) is 3.44. The molecule has 0 aromatic carbocycles. The van der Waals surface area contributed by atoms with Gasteiger partial charge in [0.05, 0.1) is 12.7 Å². The van der Waals surface area contributed by atoms with Crippen LogP contribution in [0, 0.1) is 0 Å². The molecular weight excluding hydrogens is 278 g/mol. The van der Waals surface area contributed by atoms with Gasteiger partial charge in [0.25, 0.3) is 5.91 Å². The lowest BCUT2D eigenvalue weighted by Gasteiger charge is -2.21. The lowest BCUT2D eigenvalue weighted by molar-refractivity contribution is -0.117. The molecule has 0 fully saturated rings. The molecule has 0 atom stereocenters. The number of nitrogens with two attached hydrogens (primary N) is 1. The number of ether oxygens (including phenoxy) is 1. The van der Waals surface area contributed by atoms with Crippen molar-refractivity contribution in [3.63, 3.8) is 0 Å². The molecule has 1 aliphatic carbocycles. The van der Waals surface area contributed by atoms with Gasteiger partial charge in [0.15, 0.2) is 0 Å². The Morgan fingerprint density at radius 1 is 1.40 bits per heavy atom. The van der Waals surface area contributed by atoms with Crippen molar-refractivity contribution < 1.29 is 9.53 Å². The highest BCUT2D eigenvalue weighted by Crippen LogP contribution is 2.30. The molecule has 0 aromatic heterocycles. The fraction of sp³-hybridized carbons (Fsp3) is 0.643.